The Morgan fingerprint density at radius 3 is 2.58 bits per heavy atom. The molecule has 1 aromatic carbocycles. The van der Waals surface area contributed by atoms with E-state index in [2.05, 4.69) is 16.5 Å². The minimum atomic E-state index is -3.04. The zero-order valence-electron chi connectivity index (χ0n) is 15.1. The second-order valence-electron chi connectivity index (χ2n) is 7.46. The summed E-state index contributed by atoms with van der Waals surface area (Å²) in [5.41, 5.74) is 5.39. The summed E-state index contributed by atoms with van der Waals surface area (Å²) in [5.74, 6) is 0.0347. The molecule has 1 amide bonds. The summed E-state index contributed by atoms with van der Waals surface area (Å²) >= 11 is 0. The first-order valence-corrected chi connectivity index (χ1v) is 10.8. The van der Waals surface area contributed by atoms with Crippen molar-refractivity contribution in [3.05, 3.63) is 46.3 Å². The number of hydrogen-bond donors (Lipinski definition) is 1. The first kappa shape index (κ1) is 17.3. The van der Waals surface area contributed by atoms with Gasteiger partial charge in [-0.25, -0.2) is 8.42 Å². The molecule has 1 unspecified atom stereocenters. The Bertz CT molecular complexity index is 971. The Balaban J connectivity index is 1.70. The van der Waals surface area contributed by atoms with E-state index >= 15 is 0 Å². The van der Waals surface area contributed by atoms with Crippen LogP contribution in [-0.4, -0.2) is 35.6 Å². The lowest BCUT2D eigenvalue weighted by Gasteiger charge is -2.15. The molecule has 0 radical (unpaired) electrons. The molecule has 0 bridgehead atoms. The van der Waals surface area contributed by atoms with Crippen LogP contribution in [0.2, 0.25) is 0 Å². The van der Waals surface area contributed by atoms with Crippen LogP contribution < -0.4 is 5.32 Å². The van der Waals surface area contributed by atoms with Crippen molar-refractivity contribution in [1.82, 2.24) is 9.78 Å². The van der Waals surface area contributed by atoms with Crippen molar-refractivity contribution in [2.75, 3.05) is 16.8 Å². The fourth-order valence-electron chi connectivity index (χ4n) is 4.12. The van der Waals surface area contributed by atoms with Gasteiger partial charge in [0.15, 0.2) is 9.84 Å². The number of carbonyl (C=O) groups is 1. The minimum Gasteiger partial charge on any atom is -0.321 e. The van der Waals surface area contributed by atoms with Crippen LogP contribution >= 0.6 is 0 Å². The van der Waals surface area contributed by atoms with E-state index in [-0.39, 0.29) is 23.5 Å². The molecule has 138 valence electrons. The first-order chi connectivity index (χ1) is 12.3. The molecular formula is C19H23N3O3S. The smallest absolute Gasteiger partial charge is 0.274 e. The summed E-state index contributed by atoms with van der Waals surface area (Å²) in [6.07, 6.45) is 3.19. The molecular weight excluding hydrogens is 350 g/mol. The molecule has 1 N–H and O–H groups in total. The van der Waals surface area contributed by atoms with Gasteiger partial charge in [-0.05, 0) is 62.8 Å². The fraction of sp³-hybridized carbons (Fsp3) is 0.474. The third kappa shape index (κ3) is 3.16. The van der Waals surface area contributed by atoms with Crippen LogP contribution in [0.5, 0.6) is 0 Å². The summed E-state index contributed by atoms with van der Waals surface area (Å²) in [7, 11) is -3.04. The number of hydrogen-bond acceptors (Lipinski definition) is 4. The molecule has 0 spiro atoms. The topological polar surface area (TPSA) is 81.1 Å². The van der Waals surface area contributed by atoms with Gasteiger partial charge in [0.25, 0.3) is 5.91 Å². The van der Waals surface area contributed by atoms with E-state index in [9.17, 15) is 13.2 Å². The first-order valence-electron chi connectivity index (χ1n) is 9.03. The predicted octanol–water partition coefficient (Wildman–Crippen LogP) is 2.60. The van der Waals surface area contributed by atoms with Crippen LogP contribution in [0.4, 0.5) is 5.69 Å². The number of amides is 1. The highest BCUT2D eigenvalue weighted by Gasteiger charge is 2.35. The highest BCUT2D eigenvalue weighted by Crippen LogP contribution is 2.31. The SMILES string of the molecule is Cc1cc(C)cc(NC(=O)c2c3c(nn2C2CCS(=O)(=O)C2)CCC3)c1. The molecule has 26 heavy (non-hydrogen) atoms. The van der Waals surface area contributed by atoms with Gasteiger partial charge in [0, 0.05) is 11.3 Å². The quantitative estimate of drug-likeness (QED) is 0.897. The summed E-state index contributed by atoms with van der Waals surface area (Å²) < 4.78 is 25.5. The summed E-state index contributed by atoms with van der Waals surface area (Å²) in [6, 6.07) is 5.68. The maximum absolute atomic E-state index is 13.1. The second-order valence-corrected chi connectivity index (χ2v) is 9.69. The Morgan fingerprint density at radius 1 is 1.19 bits per heavy atom. The number of aryl methyl sites for hydroxylation is 3. The number of anilines is 1. The number of fused-ring (bicyclic) bond motifs is 1. The van der Waals surface area contributed by atoms with E-state index in [1.165, 1.54) is 0 Å². The van der Waals surface area contributed by atoms with Gasteiger partial charge < -0.3 is 5.32 Å². The molecule has 7 heteroatoms. The van der Waals surface area contributed by atoms with Gasteiger partial charge in [-0.15, -0.1) is 0 Å². The fourth-order valence-corrected chi connectivity index (χ4v) is 5.81. The lowest BCUT2D eigenvalue weighted by atomic mass is 10.1. The molecule has 1 aliphatic heterocycles. The van der Waals surface area contributed by atoms with Crippen LogP contribution in [0.25, 0.3) is 0 Å². The zero-order chi connectivity index (χ0) is 18.5. The summed E-state index contributed by atoms with van der Waals surface area (Å²) in [5, 5.41) is 7.62. The molecule has 1 fully saturated rings. The van der Waals surface area contributed by atoms with Crippen molar-refractivity contribution in [2.45, 2.75) is 45.6 Å². The molecule has 1 atom stereocenters. The van der Waals surface area contributed by atoms with E-state index in [0.717, 1.165) is 47.3 Å². The van der Waals surface area contributed by atoms with E-state index < -0.39 is 9.84 Å². The molecule has 4 rings (SSSR count). The van der Waals surface area contributed by atoms with Gasteiger partial charge in [-0.2, -0.15) is 5.10 Å². The Morgan fingerprint density at radius 2 is 1.92 bits per heavy atom. The van der Waals surface area contributed by atoms with Gasteiger partial charge >= 0.3 is 0 Å². The predicted molar refractivity (Wildman–Crippen MR) is 100 cm³/mol. The monoisotopic (exact) mass is 373 g/mol. The lowest BCUT2D eigenvalue weighted by molar-refractivity contribution is 0.101. The molecule has 1 aromatic heterocycles. The Labute approximate surface area is 153 Å². The maximum Gasteiger partial charge on any atom is 0.274 e. The van der Waals surface area contributed by atoms with Gasteiger partial charge in [0.2, 0.25) is 0 Å². The van der Waals surface area contributed by atoms with Crippen LogP contribution in [-0.2, 0) is 22.7 Å². The van der Waals surface area contributed by atoms with Crippen molar-refractivity contribution < 1.29 is 13.2 Å². The van der Waals surface area contributed by atoms with E-state index in [1.807, 2.05) is 26.0 Å². The highest BCUT2D eigenvalue weighted by molar-refractivity contribution is 7.91. The van der Waals surface area contributed by atoms with E-state index in [4.69, 9.17) is 0 Å². The molecule has 1 aliphatic carbocycles. The Hall–Kier alpha value is -2.15. The van der Waals surface area contributed by atoms with Crippen molar-refractivity contribution >= 4 is 21.4 Å². The molecule has 2 aromatic rings. The number of benzene rings is 1. The van der Waals surface area contributed by atoms with Crippen LogP contribution in [0, 0.1) is 13.8 Å². The second kappa shape index (κ2) is 6.23. The average Bonchev–Trinajstić information content (AvgIpc) is 3.18. The largest absolute Gasteiger partial charge is 0.321 e. The zero-order valence-corrected chi connectivity index (χ0v) is 15.9. The normalized spacial score (nSPS) is 20.9. The van der Waals surface area contributed by atoms with Crippen LogP contribution in [0.1, 0.15) is 51.8 Å². The number of carbonyl (C=O) groups excluding carboxylic acids is 1. The standard InChI is InChI=1S/C19H23N3O3S/c1-12-8-13(2)10-14(9-12)20-19(23)18-16-4-3-5-17(16)21-22(18)15-6-7-26(24,25)11-15/h8-10,15H,3-7,11H2,1-2H3,(H,20,23). The molecule has 1 saturated heterocycles. The lowest BCUT2D eigenvalue weighted by Crippen LogP contribution is -2.23. The molecule has 2 aliphatic rings. The minimum absolute atomic E-state index is 0.0669. The summed E-state index contributed by atoms with van der Waals surface area (Å²) in [6.45, 7) is 3.99. The molecule has 2 heterocycles. The Kier molecular flexibility index (Phi) is 4.14. The maximum atomic E-state index is 13.1. The number of aromatic nitrogens is 2. The third-order valence-electron chi connectivity index (χ3n) is 5.18. The number of rotatable bonds is 3. The van der Waals surface area contributed by atoms with E-state index in [0.29, 0.717) is 12.1 Å². The third-order valence-corrected chi connectivity index (χ3v) is 6.93. The van der Waals surface area contributed by atoms with Crippen molar-refractivity contribution in [3.8, 4) is 0 Å². The van der Waals surface area contributed by atoms with Gasteiger partial charge in [-0.3, -0.25) is 9.48 Å². The summed E-state index contributed by atoms with van der Waals surface area (Å²) in [4.78, 5) is 13.1. The van der Waals surface area contributed by atoms with Crippen LogP contribution in [0.15, 0.2) is 18.2 Å². The van der Waals surface area contributed by atoms with Crippen molar-refractivity contribution in [2.24, 2.45) is 0 Å². The van der Waals surface area contributed by atoms with Crippen molar-refractivity contribution in [1.29, 1.82) is 0 Å². The van der Waals surface area contributed by atoms with Crippen LogP contribution in [0.3, 0.4) is 0 Å². The van der Waals surface area contributed by atoms with Gasteiger partial charge in [0.1, 0.15) is 5.69 Å². The number of sulfone groups is 1. The number of nitrogens with zero attached hydrogens (tertiary/aromatic N) is 2. The number of nitrogens with one attached hydrogen (secondary N) is 1. The highest BCUT2D eigenvalue weighted by atomic mass is 32.2. The molecule has 6 nitrogen and oxygen atoms in total. The molecule has 0 saturated carbocycles. The van der Waals surface area contributed by atoms with Gasteiger partial charge in [0.05, 0.1) is 23.2 Å². The van der Waals surface area contributed by atoms with E-state index in [1.54, 1.807) is 4.68 Å². The van der Waals surface area contributed by atoms with Gasteiger partial charge in [-0.1, -0.05) is 6.07 Å². The van der Waals surface area contributed by atoms with Crippen molar-refractivity contribution in [3.63, 3.8) is 0 Å². The average molecular weight is 373 g/mol.